The molecule has 1 aliphatic heterocycles. The number of ether oxygens (including phenoxy) is 1. The number of rotatable bonds is 6. The van der Waals surface area contributed by atoms with Gasteiger partial charge in [0.05, 0.1) is 29.4 Å². The lowest BCUT2D eigenvalue weighted by molar-refractivity contribution is -0.145. The largest absolute Gasteiger partial charge is 0.389 e. The number of hydrogen-bond acceptors (Lipinski definition) is 7. The summed E-state index contributed by atoms with van der Waals surface area (Å²) in [5, 5.41) is 19.5. The lowest BCUT2D eigenvalue weighted by Gasteiger charge is -2.40. The van der Waals surface area contributed by atoms with Gasteiger partial charge in [-0.15, -0.1) is 0 Å². The minimum absolute atomic E-state index is 0.00191. The van der Waals surface area contributed by atoms with Gasteiger partial charge in [0.15, 0.2) is 11.6 Å². The summed E-state index contributed by atoms with van der Waals surface area (Å²) in [6, 6.07) is 6.55. The first kappa shape index (κ1) is 26.4. The Morgan fingerprint density at radius 2 is 1.95 bits per heavy atom. The molecule has 1 fully saturated rings. The maximum Gasteiger partial charge on any atom is 0.185 e. The number of ketones is 1. The van der Waals surface area contributed by atoms with Crippen LogP contribution in [-0.2, 0) is 11.2 Å². The molecule has 0 unspecified atom stereocenters. The van der Waals surface area contributed by atoms with Gasteiger partial charge in [-0.2, -0.15) is 5.26 Å². The number of aliphatic hydroxyl groups excluding tert-OH is 1. The van der Waals surface area contributed by atoms with Crippen LogP contribution in [0.25, 0.3) is 11.3 Å². The van der Waals surface area contributed by atoms with Crippen molar-refractivity contribution in [3.63, 3.8) is 0 Å². The summed E-state index contributed by atoms with van der Waals surface area (Å²) in [6.45, 7) is 3.82. The molecule has 3 N–H and O–H groups in total. The van der Waals surface area contributed by atoms with E-state index in [4.69, 9.17) is 15.7 Å². The molecule has 10 heteroatoms. The Morgan fingerprint density at radius 1 is 1.22 bits per heavy atom. The van der Waals surface area contributed by atoms with Crippen molar-refractivity contribution in [2.24, 2.45) is 11.7 Å². The molecule has 0 saturated carbocycles. The molecule has 37 heavy (non-hydrogen) atoms. The first-order valence-corrected chi connectivity index (χ1v) is 11.7. The summed E-state index contributed by atoms with van der Waals surface area (Å²) in [4.78, 5) is 21.2. The van der Waals surface area contributed by atoms with E-state index in [-0.39, 0.29) is 18.0 Å². The van der Waals surface area contributed by atoms with Crippen LogP contribution < -0.4 is 5.73 Å². The number of carbonyl (C=O) groups is 1. The van der Waals surface area contributed by atoms with Gasteiger partial charge in [0.2, 0.25) is 0 Å². The first-order valence-electron chi connectivity index (χ1n) is 11.7. The highest BCUT2D eigenvalue weighted by atomic mass is 19.1. The van der Waals surface area contributed by atoms with Crippen LogP contribution in [0.5, 0.6) is 0 Å². The molecule has 2 aromatic heterocycles. The third-order valence-corrected chi connectivity index (χ3v) is 6.46. The van der Waals surface area contributed by atoms with E-state index in [1.165, 1.54) is 6.20 Å². The lowest BCUT2D eigenvalue weighted by Crippen LogP contribution is -2.52. The molecule has 3 heterocycles. The van der Waals surface area contributed by atoms with Crippen molar-refractivity contribution in [3.05, 3.63) is 82.6 Å². The zero-order valence-electron chi connectivity index (χ0n) is 20.2. The van der Waals surface area contributed by atoms with E-state index in [0.717, 1.165) is 24.3 Å². The van der Waals surface area contributed by atoms with E-state index in [0.29, 0.717) is 17.5 Å². The number of carbonyl (C=O) groups excluding carboxylic acids is 1. The van der Waals surface area contributed by atoms with E-state index in [1.54, 1.807) is 18.3 Å². The van der Waals surface area contributed by atoms with Crippen molar-refractivity contribution in [1.82, 2.24) is 9.97 Å². The van der Waals surface area contributed by atoms with Crippen molar-refractivity contribution in [3.8, 4) is 17.3 Å². The van der Waals surface area contributed by atoms with Gasteiger partial charge in [0, 0.05) is 24.9 Å². The van der Waals surface area contributed by atoms with Crippen LogP contribution in [0.2, 0.25) is 0 Å². The number of nitriles is 1. The molecule has 0 radical (unpaired) electrons. The van der Waals surface area contributed by atoms with E-state index < -0.39 is 64.4 Å². The molecule has 0 spiro atoms. The summed E-state index contributed by atoms with van der Waals surface area (Å²) < 4.78 is 49.8. The Hall–Kier alpha value is -3.65. The summed E-state index contributed by atoms with van der Waals surface area (Å²) in [5.41, 5.74) is 5.11. The van der Waals surface area contributed by atoms with Crippen LogP contribution in [0.1, 0.15) is 53.6 Å². The number of nitrogens with zero attached hydrogens (tertiary/aromatic N) is 3. The van der Waals surface area contributed by atoms with Gasteiger partial charge in [-0.3, -0.25) is 9.78 Å². The number of benzene rings is 1. The molecule has 4 rings (SSSR count). The van der Waals surface area contributed by atoms with Gasteiger partial charge in [0.1, 0.15) is 29.1 Å². The first-order chi connectivity index (χ1) is 17.6. The SMILES string of the molecule is CC(C)[C@H]1O[C@@H](c2ccncc2CC(=O)c2ccc(F)c(-c3c(F)ccc(C#N)c3F)n2)C[C@@H](N)[C@@H]1O. The second-order valence-corrected chi connectivity index (χ2v) is 9.32. The Bertz CT molecular complexity index is 1380. The van der Waals surface area contributed by atoms with Gasteiger partial charge in [-0.1, -0.05) is 13.8 Å². The van der Waals surface area contributed by atoms with Crippen molar-refractivity contribution < 1.29 is 27.8 Å². The van der Waals surface area contributed by atoms with Crippen LogP contribution in [0.3, 0.4) is 0 Å². The molecule has 1 aliphatic rings. The molecule has 0 bridgehead atoms. The predicted molar refractivity (Wildman–Crippen MR) is 128 cm³/mol. The number of Topliss-reactive ketones (excluding diaryl/α,β-unsaturated/α-hetero) is 1. The molecule has 1 saturated heterocycles. The van der Waals surface area contributed by atoms with Crippen molar-refractivity contribution in [2.45, 2.75) is 51.0 Å². The maximum atomic E-state index is 14.7. The Balaban J connectivity index is 1.65. The average molecular weight is 511 g/mol. The minimum atomic E-state index is -1.26. The summed E-state index contributed by atoms with van der Waals surface area (Å²) in [7, 11) is 0. The quantitative estimate of drug-likeness (QED) is 0.480. The van der Waals surface area contributed by atoms with Gasteiger partial charge in [0.25, 0.3) is 0 Å². The lowest BCUT2D eigenvalue weighted by atomic mass is 9.86. The normalized spacial score (nSPS) is 21.6. The maximum absolute atomic E-state index is 14.7. The number of pyridine rings is 2. The van der Waals surface area contributed by atoms with Gasteiger partial charge in [-0.05, 0) is 53.8 Å². The molecule has 4 atom stereocenters. The molecular formula is C27H25F3N4O3. The molecule has 0 aliphatic carbocycles. The second kappa shape index (κ2) is 10.8. The minimum Gasteiger partial charge on any atom is -0.389 e. The fourth-order valence-electron chi connectivity index (χ4n) is 4.50. The summed E-state index contributed by atoms with van der Waals surface area (Å²) >= 11 is 0. The van der Waals surface area contributed by atoms with Crippen LogP contribution in [0.4, 0.5) is 13.2 Å². The molecule has 7 nitrogen and oxygen atoms in total. The smallest absolute Gasteiger partial charge is 0.185 e. The van der Waals surface area contributed by atoms with Gasteiger partial charge in [-0.25, -0.2) is 18.2 Å². The summed E-state index contributed by atoms with van der Waals surface area (Å²) in [5.74, 6) is -3.98. The van der Waals surface area contributed by atoms with Crippen LogP contribution in [0.15, 0.2) is 42.7 Å². The fraction of sp³-hybridized carbons (Fsp3) is 0.333. The van der Waals surface area contributed by atoms with Crippen molar-refractivity contribution in [2.75, 3.05) is 0 Å². The number of aliphatic hydroxyl groups is 1. The Kier molecular flexibility index (Phi) is 7.68. The molecular weight excluding hydrogens is 485 g/mol. The third-order valence-electron chi connectivity index (χ3n) is 6.46. The van der Waals surface area contributed by atoms with Crippen LogP contribution in [0, 0.1) is 34.7 Å². The highest BCUT2D eigenvalue weighted by Gasteiger charge is 2.38. The Morgan fingerprint density at radius 3 is 2.65 bits per heavy atom. The number of hydrogen-bond donors (Lipinski definition) is 2. The zero-order valence-corrected chi connectivity index (χ0v) is 20.2. The van der Waals surface area contributed by atoms with E-state index in [2.05, 4.69) is 9.97 Å². The number of aromatic nitrogens is 2. The van der Waals surface area contributed by atoms with Crippen molar-refractivity contribution in [1.29, 1.82) is 5.26 Å². The molecule has 1 aromatic carbocycles. The van der Waals surface area contributed by atoms with Crippen LogP contribution in [-0.4, -0.2) is 39.1 Å². The second-order valence-electron chi connectivity index (χ2n) is 9.32. The average Bonchev–Trinajstić information content (AvgIpc) is 2.87. The highest BCUT2D eigenvalue weighted by molar-refractivity contribution is 5.96. The topological polar surface area (TPSA) is 122 Å². The fourth-order valence-corrected chi connectivity index (χ4v) is 4.50. The standard InChI is InChI=1S/C27H25F3N4O3/c1-13(2)27-26(36)19(32)10-22(37-27)16-7-8-33-12-15(16)9-21(35)20-6-5-18(29)25(34-20)23-17(28)4-3-14(11-31)24(23)30/h3-8,12-13,19,22,26-27,36H,9-10,32H2,1-2H3/t19-,22-,26+,27-/m1/s1. The highest BCUT2D eigenvalue weighted by Crippen LogP contribution is 2.35. The monoisotopic (exact) mass is 510 g/mol. The van der Waals surface area contributed by atoms with E-state index in [1.807, 2.05) is 13.8 Å². The molecule has 3 aromatic rings. The Labute approximate surface area is 211 Å². The van der Waals surface area contributed by atoms with E-state index in [9.17, 15) is 23.1 Å². The zero-order chi connectivity index (χ0) is 26.9. The van der Waals surface area contributed by atoms with Crippen LogP contribution >= 0.6 is 0 Å². The van der Waals surface area contributed by atoms with E-state index >= 15 is 0 Å². The predicted octanol–water partition coefficient (Wildman–Crippen LogP) is 4.03. The van der Waals surface area contributed by atoms with Crippen molar-refractivity contribution >= 4 is 5.78 Å². The van der Waals surface area contributed by atoms with Gasteiger partial charge >= 0.3 is 0 Å². The third kappa shape index (κ3) is 5.25. The molecule has 192 valence electrons. The number of halogens is 3. The summed E-state index contributed by atoms with van der Waals surface area (Å²) in [6.07, 6.45) is 1.35. The molecule has 0 amide bonds. The number of nitrogens with two attached hydrogens (primary N) is 1. The van der Waals surface area contributed by atoms with Gasteiger partial charge < -0.3 is 15.6 Å².